The molecule has 0 heterocycles. The fraction of sp³-hybridized carbons (Fsp3) is 0.0667. The van der Waals surface area contributed by atoms with Crippen molar-refractivity contribution >= 4 is 17.4 Å². The van der Waals surface area contributed by atoms with Crippen LogP contribution in [0.2, 0.25) is 0 Å². The van der Waals surface area contributed by atoms with Gasteiger partial charge in [-0.05, 0) is 48.9 Å². The van der Waals surface area contributed by atoms with E-state index < -0.39 is 6.03 Å². The first-order valence-electron chi connectivity index (χ1n) is 6.07. The standard InChI is InChI=1S/C15H15N3O2/c1-11(12-7-9-14(19)10-8-12)17-18(15(16)20)13-5-3-2-4-6-13/h2-10,19H,1H3,(H2,16,20). The Kier molecular flexibility index (Phi) is 4.00. The number of hydrogen-bond acceptors (Lipinski definition) is 3. The molecule has 0 unspecified atom stereocenters. The van der Waals surface area contributed by atoms with Crippen LogP contribution in [0.4, 0.5) is 10.5 Å². The number of benzene rings is 2. The normalized spacial score (nSPS) is 11.2. The molecule has 0 atom stereocenters. The van der Waals surface area contributed by atoms with E-state index in [0.29, 0.717) is 11.4 Å². The Balaban J connectivity index is 2.34. The maximum Gasteiger partial charge on any atom is 0.340 e. The number of rotatable bonds is 3. The van der Waals surface area contributed by atoms with Crippen LogP contribution in [-0.2, 0) is 0 Å². The number of hydrogen-bond donors (Lipinski definition) is 2. The van der Waals surface area contributed by atoms with Gasteiger partial charge in [0.25, 0.3) is 0 Å². The number of nitrogens with two attached hydrogens (primary N) is 1. The summed E-state index contributed by atoms with van der Waals surface area (Å²) in [5, 5.41) is 14.6. The molecule has 0 spiro atoms. The summed E-state index contributed by atoms with van der Waals surface area (Å²) < 4.78 is 0. The van der Waals surface area contributed by atoms with E-state index in [1.54, 1.807) is 55.5 Å². The number of nitrogens with zero attached hydrogens (tertiary/aromatic N) is 2. The summed E-state index contributed by atoms with van der Waals surface area (Å²) in [5.41, 5.74) is 7.37. The Bertz CT molecular complexity index is 621. The molecule has 2 aromatic rings. The van der Waals surface area contributed by atoms with E-state index in [2.05, 4.69) is 5.10 Å². The smallest absolute Gasteiger partial charge is 0.340 e. The maximum atomic E-state index is 11.5. The van der Waals surface area contributed by atoms with Crippen molar-refractivity contribution in [2.45, 2.75) is 6.92 Å². The molecule has 2 rings (SSSR count). The van der Waals surface area contributed by atoms with Gasteiger partial charge in [-0.15, -0.1) is 0 Å². The second-order valence-electron chi connectivity index (χ2n) is 4.22. The van der Waals surface area contributed by atoms with Crippen LogP contribution in [0.1, 0.15) is 12.5 Å². The molecule has 2 amide bonds. The van der Waals surface area contributed by atoms with Crippen LogP contribution in [0.5, 0.6) is 5.75 Å². The van der Waals surface area contributed by atoms with E-state index in [1.165, 1.54) is 0 Å². The van der Waals surface area contributed by atoms with E-state index in [1.807, 2.05) is 6.07 Å². The number of phenols is 1. The molecule has 20 heavy (non-hydrogen) atoms. The Labute approximate surface area is 117 Å². The summed E-state index contributed by atoms with van der Waals surface area (Å²) in [6, 6.07) is 14.9. The number of hydrazone groups is 1. The molecule has 5 heteroatoms. The molecule has 102 valence electrons. The van der Waals surface area contributed by atoms with Gasteiger partial charge in [0.05, 0.1) is 11.4 Å². The minimum absolute atomic E-state index is 0.177. The van der Waals surface area contributed by atoms with Gasteiger partial charge in [-0.2, -0.15) is 10.1 Å². The summed E-state index contributed by atoms with van der Waals surface area (Å²) in [6.07, 6.45) is 0. The third-order valence-corrected chi connectivity index (χ3v) is 2.74. The van der Waals surface area contributed by atoms with Gasteiger partial charge in [-0.3, -0.25) is 0 Å². The van der Waals surface area contributed by atoms with E-state index in [0.717, 1.165) is 10.6 Å². The van der Waals surface area contributed by atoms with Gasteiger partial charge in [0.1, 0.15) is 5.75 Å². The lowest BCUT2D eigenvalue weighted by Crippen LogP contribution is -2.32. The lowest BCUT2D eigenvalue weighted by molar-refractivity contribution is 0.254. The molecule has 0 fully saturated rings. The van der Waals surface area contributed by atoms with Crippen molar-refractivity contribution in [3.63, 3.8) is 0 Å². The van der Waals surface area contributed by atoms with E-state index in [9.17, 15) is 9.90 Å². The van der Waals surface area contributed by atoms with Crippen LogP contribution < -0.4 is 10.7 Å². The second kappa shape index (κ2) is 5.88. The SMILES string of the molecule is CC(=NN(C(N)=O)c1ccccc1)c1ccc(O)cc1. The fourth-order valence-electron chi connectivity index (χ4n) is 1.71. The average molecular weight is 269 g/mol. The molecule has 0 aliphatic rings. The highest BCUT2D eigenvalue weighted by Crippen LogP contribution is 2.16. The van der Waals surface area contributed by atoms with Gasteiger partial charge < -0.3 is 10.8 Å². The molecule has 2 aromatic carbocycles. The molecule has 5 nitrogen and oxygen atoms in total. The van der Waals surface area contributed by atoms with Gasteiger partial charge in [0.15, 0.2) is 0 Å². The fourth-order valence-corrected chi connectivity index (χ4v) is 1.71. The zero-order valence-corrected chi connectivity index (χ0v) is 11.0. The zero-order chi connectivity index (χ0) is 14.5. The first-order valence-corrected chi connectivity index (χ1v) is 6.07. The third kappa shape index (κ3) is 3.14. The van der Waals surface area contributed by atoms with Crippen molar-refractivity contribution in [3.05, 3.63) is 60.2 Å². The quantitative estimate of drug-likeness (QED) is 0.663. The molecule has 0 aromatic heterocycles. The van der Waals surface area contributed by atoms with Crippen LogP contribution in [0.15, 0.2) is 59.7 Å². The van der Waals surface area contributed by atoms with E-state index in [-0.39, 0.29) is 5.75 Å². The predicted molar refractivity (Wildman–Crippen MR) is 78.8 cm³/mol. The van der Waals surface area contributed by atoms with Crippen molar-refractivity contribution in [1.82, 2.24) is 0 Å². The van der Waals surface area contributed by atoms with Gasteiger partial charge in [0.2, 0.25) is 0 Å². The Hall–Kier alpha value is -2.82. The molecule has 0 radical (unpaired) electrons. The third-order valence-electron chi connectivity index (χ3n) is 2.74. The van der Waals surface area contributed by atoms with Gasteiger partial charge >= 0.3 is 6.03 Å². The predicted octanol–water partition coefficient (Wildman–Crippen LogP) is 2.70. The van der Waals surface area contributed by atoms with Crippen molar-refractivity contribution in [3.8, 4) is 5.75 Å². The van der Waals surface area contributed by atoms with Crippen molar-refractivity contribution < 1.29 is 9.90 Å². The van der Waals surface area contributed by atoms with Crippen LogP contribution in [0, 0.1) is 0 Å². The zero-order valence-electron chi connectivity index (χ0n) is 11.0. The number of urea groups is 1. The minimum atomic E-state index is -0.658. The number of carbonyl (C=O) groups excluding carboxylic acids is 1. The first kappa shape index (κ1) is 13.6. The molecule has 0 saturated heterocycles. The summed E-state index contributed by atoms with van der Waals surface area (Å²) in [6.45, 7) is 1.77. The second-order valence-corrected chi connectivity index (χ2v) is 4.22. The molecule has 3 N–H and O–H groups in total. The molecule has 0 bridgehead atoms. The van der Waals surface area contributed by atoms with E-state index in [4.69, 9.17) is 5.73 Å². The van der Waals surface area contributed by atoms with Crippen LogP contribution >= 0.6 is 0 Å². The van der Waals surface area contributed by atoms with Crippen LogP contribution in [0.3, 0.4) is 0 Å². The number of carbonyl (C=O) groups is 1. The van der Waals surface area contributed by atoms with Gasteiger partial charge in [0, 0.05) is 0 Å². The summed E-state index contributed by atoms with van der Waals surface area (Å²) in [4.78, 5) is 11.5. The van der Waals surface area contributed by atoms with E-state index >= 15 is 0 Å². The summed E-state index contributed by atoms with van der Waals surface area (Å²) in [5.74, 6) is 0.177. The number of primary amides is 1. The monoisotopic (exact) mass is 269 g/mol. The Morgan fingerprint density at radius 3 is 2.25 bits per heavy atom. The number of aromatic hydroxyl groups is 1. The van der Waals surface area contributed by atoms with Crippen molar-refractivity contribution in [2.75, 3.05) is 5.01 Å². The molecule has 0 aliphatic heterocycles. The molecular weight excluding hydrogens is 254 g/mol. The Morgan fingerprint density at radius 2 is 1.70 bits per heavy atom. The lowest BCUT2D eigenvalue weighted by Gasteiger charge is -2.15. The molecule has 0 aliphatic carbocycles. The lowest BCUT2D eigenvalue weighted by atomic mass is 10.1. The molecule has 0 saturated carbocycles. The highest BCUT2D eigenvalue weighted by atomic mass is 16.3. The van der Waals surface area contributed by atoms with Crippen LogP contribution in [0.25, 0.3) is 0 Å². The number of para-hydroxylation sites is 1. The van der Waals surface area contributed by atoms with Crippen molar-refractivity contribution in [1.29, 1.82) is 0 Å². The summed E-state index contributed by atoms with van der Waals surface area (Å²) >= 11 is 0. The van der Waals surface area contributed by atoms with Gasteiger partial charge in [-0.25, -0.2) is 4.79 Å². The number of amides is 2. The van der Waals surface area contributed by atoms with Crippen LogP contribution in [-0.4, -0.2) is 16.8 Å². The topological polar surface area (TPSA) is 78.9 Å². The number of anilines is 1. The van der Waals surface area contributed by atoms with Gasteiger partial charge in [-0.1, -0.05) is 18.2 Å². The molecular formula is C15H15N3O2. The first-order chi connectivity index (χ1) is 9.58. The van der Waals surface area contributed by atoms with Crippen molar-refractivity contribution in [2.24, 2.45) is 10.8 Å². The highest BCUT2D eigenvalue weighted by Gasteiger charge is 2.11. The highest BCUT2D eigenvalue weighted by molar-refractivity contribution is 6.02. The average Bonchev–Trinajstić information content (AvgIpc) is 2.46. The number of phenolic OH excluding ortho intramolecular Hbond substituents is 1. The largest absolute Gasteiger partial charge is 0.508 e. The Morgan fingerprint density at radius 1 is 1.10 bits per heavy atom. The summed E-state index contributed by atoms with van der Waals surface area (Å²) in [7, 11) is 0. The minimum Gasteiger partial charge on any atom is -0.508 e. The maximum absolute atomic E-state index is 11.5.